The third kappa shape index (κ3) is 3.99. The number of aryl methyl sites for hydroxylation is 1. The third-order valence-electron chi connectivity index (χ3n) is 6.22. The van der Waals surface area contributed by atoms with Crippen molar-refractivity contribution in [1.82, 2.24) is 4.57 Å². The van der Waals surface area contributed by atoms with Crippen molar-refractivity contribution in [2.45, 2.75) is 46.6 Å². The molecular formula is C24H28ClNO3. The van der Waals surface area contributed by atoms with Gasteiger partial charge in [0.15, 0.2) is 0 Å². The lowest BCUT2D eigenvalue weighted by atomic mass is 9.77. The average molecular weight is 414 g/mol. The van der Waals surface area contributed by atoms with Gasteiger partial charge in [0.25, 0.3) is 0 Å². The maximum Gasteiger partial charge on any atom is 0.310 e. The van der Waals surface area contributed by atoms with Gasteiger partial charge in [0.2, 0.25) is 0 Å². The van der Waals surface area contributed by atoms with Gasteiger partial charge in [0.05, 0.1) is 12.5 Å². The fourth-order valence-corrected chi connectivity index (χ4v) is 4.19. The first-order valence-corrected chi connectivity index (χ1v) is 10.4. The molecule has 1 N–H and O–H groups in total. The molecule has 0 spiro atoms. The molecule has 0 amide bonds. The summed E-state index contributed by atoms with van der Waals surface area (Å²) in [5.74, 6) is 0.0639. The molecule has 2 aromatic carbocycles. The Kier molecular flexibility index (Phi) is 6.23. The maximum atomic E-state index is 12.2. The average Bonchev–Trinajstić information content (AvgIpc) is 2.98. The Morgan fingerprint density at radius 2 is 1.79 bits per heavy atom. The molecule has 0 aliphatic rings. The molecule has 0 fully saturated rings. The van der Waals surface area contributed by atoms with Crippen LogP contribution >= 0.6 is 11.6 Å². The van der Waals surface area contributed by atoms with Crippen molar-refractivity contribution in [3.8, 4) is 5.75 Å². The number of ether oxygens (including phenoxy) is 1. The normalized spacial score (nSPS) is 11.8. The monoisotopic (exact) mass is 413 g/mol. The summed E-state index contributed by atoms with van der Waals surface area (Å²) in [5, 5.41) is 11.8. The number of hydrogen-bond donors (Lipinski definition) is 1. The van der Waals surface area contributed by atoms with Crippen LogP contribution in [0.5, 0.6) is 5.75 Å². The van der Waals surface area contributed by atoms with Gasteiger partial charge >= 0.3 is 5.97 Å². The van der Waals surface area contributed by atoms with E-state index in [0.29, 0.717) is 30.8 Å². The molecule has 4 nitrogen and oxygen atoms in total. The molecule has 0 unspecified atom stereocenters. The van der Waals surface area contributed by atoms with Crippen LogP contribution in [0.25, 0.3) is 10.9 Å². The van der Waals surface area contributed by atoms with Gasteiger partial charge in [-0.1, -0.05) is 37.6 Å². The van der Waals surface area contributed by atoms with Crippen LogP contribution in [0.15, 0.2) is 42.5 Å². The van der Waals surface area contributed by atoms with E-state index in [1.54, 1.807) is 7.11 Å². The lowest BCUT2D eigenvalue weighted by Gasteiger charge is -2.28. The number of methoxy groups -OCH3 is 1. The Hall–Kier alpha value is -2.46. The zero-order valence-corrected chi connectivity index (χ0v) is 18.2. The minimum absolute atomic E-state index is 0.492. The number of aromatic nitrogens is 1. The van der Waals surface area contributed by atoms with Gasteiger partial charge in [-0.25, -0.2) is 0 Å². The number of carbonyl (C=O) groups is 1. The standard InChI is InChI=1S/C24H28ClNO3/c1-5-24(6-2,23(27)28)14-22-16(3)20-13-19(29-4)11-12-21(20)26(22)15-17-7-9-18(25)10-8-17/h7-13H,5-6,14-15H2,1-4H3,(H,27,28). The van der Waals surface area contributed by atoms with Crippen molar-refractivity contribution in [2.24, 2.45) is 5.41 Å². The summed E-state index contributed by atoms with van der Waals surface area (Å²) in [6.07, 6.45) is 1.67. The lowest BCUT2D eigenvalue weighted by Crippen LogP contribution is -2.33. The lowest BCUT2D eigenvalue weighted by molar-refractivity contribution is -0.149. The summed E-state index contributed by atoms with van der Waals surface area (Å²) < 4.78 is 7.67. The quantitative estimate of drug-likeness (QED) is 0.485. The summed E-state index contributed by atoms with van der Waals surface area (Å²) in [7, 11) is 1.66. The van der Waals surface area contributed by atoms with Crippen LogP contribution in [0.2, 0.25) is 5.02 Å². The maximum absolute atomic E-state index is 12.2. The van der Waals surface area contributed by atoms with Crippen LogP contribution in [-0.2, 0) is 17.8 Å². The van der Waals surface area contributed by atoms with E-state index in [1.165, 1.54) is 0 Å². The first-order chi connectivity index (χ1) is 13.8. The van der Waals surface area contributed by atoms with Crippen LogP contribution in [-0.4, -0.2) is 22.8 Å². The third-order valence-corrected chi connectivity index (χ3v) is 6.48. The van der Waals surface area contributed by atoms with Gasteiger partial charge in [-0.2, -0.15) is 0 Å². The van der Waals surface area contributed by atoms with Gasteiger partial charge < -0.3 is 14.4 Å². The minimum atomic E-state index is -0.777. The van der Waals surface area contributed by atoms with E-state index < -0.39 is 11.4 Å². The number of halogens is 1. The number of fused-ring (bicyclic) bond motifs is 1. The van der Waals surface area contributed by atoms with Crippen molar-refractivity contribution >= 4 is 28.5 Å². The summed E-state index contributed by atoms with van der Waals surface area (Å²) >= 11 is 6.05. The van der Waals surface area contributed by atoms with E-state index in [4.69, 9.17) is 16.3 Å². The SMILES string of the molecule is CCC(CC)(Cc1c(C)c2cc(OC)ccc2n1Cc1ccc(Cl)cc1)C(=O)O. The topological polar surface area (TPSA) is 51.5 Å². The molecule has 154 valence electrons. The zero-order chi connectivity index (χ0) is 21.2. The Balaban J connectivity index is 2.19. The second kappa shape index (κ2) is 8.50. The molecule has 3 rings (SSSR count). The predicted molar refractivity (Wildman–Crippen MR) is 118 cm³/mol. The number of carboxylic acids is 1. The second-order valence-electron chi connectivity index (χ2n) is 7.64. The van der Waals surface area contributed by atoms with E-state index in [2.05, 4.69) is 17.6 Å². The molecule has 5 heteroatoms. The molecule has 1 aromatic heterocycles. The highest BCUT2D eigenvalue weighted by Gasteiger charge is 2.37. The van der Waals surface area contributed by atoms with Crippen molar-refractivity contribution in [2.75, 3.05) is 7.11 Å². The summed E-state index contributed by atoms with van der Waals surface area (Å²) in [6.45, 7) is 6.66. The molecule has 0 bridgehead atoms. The van der Waals surface area contributed by atoms with Crippen LogP contribution in [0.1, 0.15) is 43.5 Å². The first kappa shape index (κ1) is 21.3. The number of aliphatic carboxylic acids is 1. The van der Waals surface area contributed by atoms with Crippen LogP contribution in [0.4, 0.5) is 0 Å². The summed E-state index contributed by atoms with van der Waals surface area (Å²) in [4.78, 5) is 12.2. The van der Waals surface area contributed by atoms with Crippen LogP contribution < -0.4 is 4.74 Å². The number of rotatable bonds is 8. The fraction of sp³-hybridized carbons (Fsp3) is 0.375. The van der Waals surface area contributed by atoms with Gasteiger partial charge in [-0.15, -0.1) is 0 Å². The predicted octanol–water partition coefficient (Wildman–Crippen LogP) is 6.09. The van der Waals surface area contributed by atoms with Crippen LogP contribution in [0, 0.1) is 12.3 Å². The van der Waals surface area contributed by atoms with Crippen molar-refractivity contribution in [3.63, 3.8) is 0 Å². The molecule has 1 heterocycles. The largest absolute Gasteiger partial charge is 0.497 e. The molecule has 0 aliphatic heterocycles. The fourth-order valence-electron chi connectivity index (χ4n) is 4.06. The molecule has 29 heavy (non-hydrogen) atoms. The van der Waals surface area contributed by atoms with E-state index in [1.807, 2.05) is 50.2 Å². The highest BCUT2D eigenvalue weighted by molar-refractivity contribution is 6.30. The van der Waals surface area contributed by atoms with Gasteiger partial charge in [-0.3, -0.25) is 4.79 Å². The highest BCUT2D eigenvalue weighted by atomic mass is 35.5. The molecule has 0 saturated carbocycles. The van der Waals surface area contributed by atoms with Gasteiger partial charge in [0, 0.05) is 34.6 Å². The Morgan fingerprint density at radius 3 is 2.34 bits per heavy atom. The molecule has 0 radical (unpaired) electrons. The van der Waals surface area contributed by atoms with Crippen molar-refractivity contribution in [3.05, 3.63) is 64.3 Å². The summed E-state index contributed by atoms with van der Waals surface area (Å²) in [5.41, 5.74) is 3.60. The van der Waals surface area contributed by atoms with Crippen molar-refractivity contribution < 1.29 is 14.6 Å². The summed E-state index contributed by atoms with van der Waals surface area (Å²) in [6, 6.07) is 13.8. The van der Waals surface area contributed by atoms with Gasteiger partial charge in [0.1, 0.15) is 5.75 Å². The van der Waals surface area contributed by atoms with E-state index in [-0.39, 0.29) is 0 Å². The number of carboxylic acid groups (broad SMARTS) is 1. The minimum Gasteiger partial charge on any atom is -0.497 e. The van der Waals surface area contributed by atoms with Crippen LogP contribution in [0.3, 0.4) is 0 Å². The van der Waals surface area contributed by atoms with E-state index in [9.17, 15) is 9.90 Å². The number of nitrogens with zero attached hydrogens (tertiary/aromatic N) is 1. The highest BCUT2D eigenvalue weighted by Crippen LogP contribution is 2.37. The zero-order valence-electron chi connectivity index (χ0n) is 17.5. The molecule has 0 aliphatic carbocycles. The Bertz CT molecular complexity index is 1020. The van der Waals surface area contributed by atoms with E-state index in [0.717, 1.165) is 33.5 Å². The smallest absolute Gasteiger partial charge is 0.310 e. The van der Waals surface area contributed by atoms with Gasteiger partial charge in [-0.05, 0) is 61.2 Å². The molecule has 0 saturated heterocycles. The second-order valence-corrected chi connectivity index (χ2v) is 8.07. The molecule has 0 atom stereocenters. The Labute approximate surface area is 177 Å². The number of benzene rings is 2. The number of hydrogen-bond acceptors (Lipinski definition) is 2. The van der Waals surface area contributed by atoms with E-state index >= 15 is 0 Å². The Morgan fingerprint density at radius 1 is 1.14 bits per heavy atom. The van der Waals surface area contributed by atoms with Crippen molar-refractivity contribution in [1.29, 1.82) is 0 Å². The molecular weight excluding hydrogens is 386 g/mol. The molecule has 3 aromatic rings. The first-order valence-electron chi connectivity index (χ1n) is 9.98.